The third kappa shape index (κ3) is 7.79. The minimum atomic E-state index is -4.57. The number of amides is 3. The highest BCUT2D eigenvalue weighted by atomic mass is 19.4. The maximum absolute atomic E-state index is 13.0. The van der Waals surface area contributed by atoms with E-state index in [-0.39, 0.29) is 30.5 Å². The highest BCUT2D eigenvalue weighted by molar-refractivity contribution is 5.98. The molecule has 3 rings (SSSR count). The van der Waals surface area contributed by atoms with Crippen LogP contribution in [0, 0.1) is 0 Å². The fourth-order valence-electron chi connectivity index (χ4n) is 3.93. The summed E-state index contributed by atoms with van der Waals surface area (Å²) >= 11 is 0. The topological polar surface area (TPSA) is 131 Å². The van der Waals surface area contributed by atoms with E-state index in [1.807, 2.05) is 30.3 Å². The molecule has 0 aliphatic carbocycles. The van der Waals surface area contributed by atoms with Crippen LogP contribution in [0.15, 0.2) is 54.6 Å². The van der Waals surface area contributed by atoms with Crippen molar-refractivity contribution in [1.82, 2.24) is 10.2 Å². The molecule has 2 aromatic carbocycles. The van der Waals surface area contributed by atoms with Gasteiger partial charge in [0.05, 0.1) is 18.0 Å². The molecule has 11 heteroatoms. The molecule has 3 unspecified atom stereocenters. The molecular weight excluding hydrogens is 475 g/mol. The first-order chi connectivity index (χ1) is 17.0. The van der Waals surface area contributed by atoms with Crippen molar-refractivity contribution in [2.24, 2.45) is 11.5 Å². The van der Waals surface area contributed by atoms with E-state index in [9.17, 15) is 27.6 Å². The molecule has 8 nitrogen and oxygen atoms in total. The highest BCUT2D eigenvalue weighted by Gasteiger charge is 2.31. The highest BCUT2D eigenvalue weighted by Crippen LogP contribution is 2.30. The number of halogens is 3. The Kier molecular flexibility index (Phi) is 9.05. The largest absolute Gasteiger partial charge is 0.416 e. The zero-order valence-electron chi connectivity index (χ0n) is 19.6. The fourth-order valence-corrected chi connectivity index (χ4v) is 3.93. The van der Waals surface area contributed by atoms with Gasteiger partial charge in [-0.15, -0.1) is 0 Å². The summed E-state index contributed by atoms with van der Waals surface area (Å²) in [5.41, 5.74) is 11.7. The second kappa shape index (κ2) is 12.0. The minimum absolute atomic E-state index is 0.0568. The van der Waals surface area contributed by atoms with E-state index in [1.54, 1.807) is 4.90 Å². The van der Waals surface area contributed by atoms with Crippen molar-refractivity contribution in [2.45, 2.75) is 50.0 Å². The Hall–Kier alpha value is -3.44. The summed E-state index contributed by atoms with van der Waals surface area (Å²) in [5.74, 6) is -1.70. The zero-order valence-corrected chi connectivity index (χ0v) is 19.6. The number of rotatable bonds is 9. The zero-order chi connectivity index (χ0) is 26.3. The van der Waals surface area contributed by atoms with Gasteiger partial charge in [0.2, 0.25) is 17.7 Å². The van der Waals surface area contributed by atoms with Crippen LogP contribution in [0.4, 0.5) is 18.9 Å². The lowest BCUT2D eigenvalue weighted by Gasteiger charge is -2.22. The first-order valence-corrected chi connectivity index (χ1v) is 11.6. The molecule has 2 aromatic rings. The third-order valence-corrected chi connectivity index (χ3v) is 5.96. The van der Waals surface area contributed by atoms with Crippen molar-refractivity contribution in [1.29, 1.82) is 0 Å². The smallest absolute Gasteiger partial charge is 0.343 e. The molecule has 1 saturated heterocycles. The van der Waals surface area contributed by atoms with Crippen molar-refractivity contribution in [3.05, 3.63) is 65.7 Å². The molecule has 1 aliphatic heterocycles. The van der Waals surface area contributed by atoms with Crippen molar-refractivity contribution >= 4 is 23.4 Å². The van der Waals surface area contributed by atoms with E-state index >= 15 is 0 Å². The van der Waals surface area contributed by atoms with Gasteiger partial charge in [-0.2, -0.15) is 13.2 Å². The summed E-state index contributed by atoms with van der Waals surface area (Å²) in [7, 11) is 0. The molecule has 0 spiro atoms. The first-order valence-electron chi connectivity index (χ1n) is 11.6. The minimum Gasteiger partial charge on any atom is -0.343 e. The number of alkyl halides is 3. The van der Waals surface area contributed by atoms with E-state index in [0.717, 1.165) is 17.7 Å². The maximum Gasteiger partial charge on any atom is 0.416 e. The number of carbonyl (C=O) groups excluding carboxylic acids is 3. The number of aryl methyl sites for hydroxylation is 1. The molecular formula is C25H30F3N5O3. The lowest BCUT2D eigenvalue weighted by Crippen LogP contribution is -2.51. The number of hydrogen-bond acceptors (Lipinski definition) is 5. The van der Waals surface area contributed by atoms with E-state index in [4.69, 9.17) is 11.5 Å². The Labute approximate surface area is 207 Å². The number of nitrogens with one attached hydrogen (secondary N) is 2. The number of carbonyl (C=O) groups is 3. The van der Waals surface area contributed by atoms with Gasteiger partial charge in [0.25, 0.3) is 0 Å². The number of hydrogen-bond donors (Lipinski definition) is 4. The molecule has 1 fully saturated rings. The van der Waals surface area contributed by atoms with Gasteiger partial charge in [0.1, 0.15) is 6.04 Å². The SMILES string of the molecule is NC1CCN(C(=O)CC(N)C(=O)NC(CCc2ccccc2)C(=O)Nc2cccc(C(F)(F)F)c2)C1. The predicted molar refractivity (Wildman–Crippen MR) is 129 cm³/mol. The Morgan fingerprint density at radius 3 is 2.42 bits per heavy atom. The molecule has 3 amide bonds. The third-order valence-electron chi connectivity index (χ3n) is 5.96. The summed E-state index contributed by atoms with van der Waals surface area (Å²) in [6, 6.07) is 11.0. The van der Waals surface area contributed by atoms with Gasteiger partial charge in [0, 0.05) is 24.8 Å². The second-order valence-corrected chi connectivity index (χ2v) is 8.85. The van der Waals surface area contributed by atoms with Gasteiger partial charge in [-0.25, -0.2) is 0 Å². The number of likely N-dealkylation sites (tertiary alicyclic amines) is 1. The van der Waals surface area contributed by atoms with Crippen LogP contribution in [0.1, 0.15) is 30.4 Å². The summed E-state index contributed by atoms with van der Waals surface area (Å²) < 4.78 is 39.1. The normalized spacial score (nSPS) is 17.4. The van der Waals surface area contributed by atoms with Crippen LogP contribution in [0.25, 0.3) is 0 Å². The maximum atomic E-state index is 13.0. The van der Waals surface area contributed by atoms with E-state index in [1.165, 1.54) is 12.1 Å². The van der Waals surface area contributed by atoms with Crippen LogP contribution in [0.5, 0.6) is 0 Å². The number of nitrogens with two attached hydrogens (primary N) is 2. The predicted octanol–water partition coefficient (Wildman–Crippen LogP) is 2.04. The monoisotopic (exact) mass is 505 g/mol. The molecule has 0 saturated carbocycles. The lowest BCUT2D eigenvalue weighted by atomic mass is 10.0. The van der Waals surface area contributed by atoms with Crippen molar-refractivity contribution in [3.63, 3.8) is 0 Å². The van der Waals surface area contributed by atoms with Gasteiger partial charge in [-0.1, -0.05) is 36.4 Å². The van der Waals surface area contributed by atoms with Crippen LogP contribution in [-0.2, 0) is 27.0 Å². The molecule has 1 heterocycles. The average molecular weight is 506 g/mol. The van der Waals surface area contributed by atoms with Crippen LogP contribution >= 0.6 is 0 Å². The van der Waals surface area contributed by atoms with Crippen molar-refractivity contribution in [2.75, 3.05) is 18.4 Å². The second-order valence-electron chi connectivity index (χ2n) is 8.85. The van der Waals surface area contributed by atoms with Crippen molar-refractivity contribution in [3.8, 4) is 0 Å². The van der Waals surface area contributed by atoms with Gasteiger partial charge >= 0.3 is 6.18 Å². The Morgan fingerprint density at radius 1 is 1.06 bits per heavy atom. The molecule has 194 valence electrons. The Balaban J connectivity index is 1.67. The molecule has 36 heavy (non-hydrogen) atoms. The van der Waals surface area contributed by atoms with Gasteiger partial charge in [-0.05, 0) is 43.0 Å². The molecule has 0 radical (unpaired) electrons. The van der Waals surface area contributed by atoms with Crippen molar-refractivity contribution < 1.29 is 27.6 Å². The summed E-state index contributed by atoms with van der Waals surface area (Å²) in [5, 5.41) is 5.00. The Bertz CT molecular complexity index is 1060. The first kappa shape index (κ1) is 27.2. The quantitative estimate of drug-likeness (QED) is 0.414. The average Bonchev–Trinajstić information content (AvgIpc) is 3.28. The fraction of sp³-hybridized carbons (Fsp3) is 0.400. The summed E-state index contributed by atoms with van der Waals surface area (Å²) in [4.78, 5) is 39.7. The molecule has 3 atom stereocenters. The van der Waals surface area contributed by atoms with Crippen LogP contribution in [0.3, 0.4) is 0 Å². The van der Waals surface area contributed by atoms with Crippen LogP contribution in [0.2, 0.25) is 0 Å². The summed E-state index contributed by atoms with van der Waals surface area (Å²) in [6.07, 6.45) is -3.56. The molecule has 6 N–H and O–H groups in total. The molecule has 0 bridgehead atoms. The van der Waals surface area contributed by atoms with E-state index < -0.39 is 35.6 Å². The van der Waals surface area contributed by atoms with Crippen LogP contribution in [-0.4, -0.2) is 53.8 Å². The summed E-state index contributed by atoms with van der Waals surface area (Å²) in [6.45, 7) is 0.889. The van der Waals surface area contributed by atoms with Crippen LogP contribution < -0.4 is 22.1 Å². The number of benzene rings is 2. The lowest BCUT2D eigenvalue weighted by molar-refractivity contribution is -0.137. The van der Waals surface area contributed by atoms with E-state index in [2.05, 4.69) is 10.6 Å². The molecule has 1 aliphatic rings. The van der Waals surface area contributed by atoms with Gasteiger partial charge < -0.3 is 27.0 Å². The molecule has 0 aromatic heterocycles. The standard InChI is InChI=1S/C25H30F3N5O3/c26-25(27,28)17-7-4-8-19(13-17)31-24(36)21(10-9-16-5-2-1-3-6-16)32-23(35)20(30)14-22(34)33-12-11-18(29)15-33/h1-8,13,18,20-21H,9-12,14-15,29-30H2,(H,31,36)(H,32,35). The number of nitrogens with zero attached hydrogens (tertiary/aromatic N) is 1. The number of anilines is 1. The Morgan fingerprint density at radius 2 is 1.78 bits per heavy atom. The van der Waals surface area contributed by atoms with Gasteiger partial charge in [-0.3, -0.25) is 14.4 Å². The van der Waals surface area contributed by atoms with Gasteiger partial charge in [0.15, 0.2) is 0 Å². The van der Waals surface area contributed by atoms with E-state index in [0.29, 0.717) is 25.9 Å².